The van der Waals surface area contributed by atoms with Crippen LogP contribution in [0.15, 0.2) is 42.5 Å². The number of aryl methyl sites for hydroxylation is 2. The summed E-state index contributed by atoms with van der Waals surface area (Å²) in [5, 5.41) is 9.84. The lowest BCUT2D eigenvalue weighted by atomic mass is 10.1. The Kier molecular flexibility index (Phi) is 5.83. The van der Waals surface area contributed by atoms with Gasteiger partial charge in [-0.2, -0.15) is 0 Å². The van der Waals surface area contributed by atoms with E-state index in [1.807, 2.05) is 18.2 Å². The van der Waals surface area contributed by atoms with Crippen molar-refractivity contribution < 1.29 is 4.74 Å². The van der Waals surface area contributed by atoms with Gasteiger partial charge in [-0.1, -0.05) is 23.2 Å². The van der Waals surface area contributed by atoms with Crippen molar-refractivity contribution in [3.8, 4) is 17.1 Å². The van der Waals surface area contributed by atoms with Crippen LogP contribution in [0.25, 0.3) is 11.4 Å². The van der Waals surface area contributed by atoms with Gasteiger partial charge in [0.15, 0.2) is 5.82 Å². The van der Waals surface area contributed by atoms with Gasteiger partial charge in [0, 0.05) is 43.3 Å². The molecule has 3 heterocycles. The molecule has 162 valence electrons. The third-order valence-electron chi connectivity index (χ3n) is 6.21. The van der Waals surface area contributed by atoms with Crippen LogP contribution in [0.3, 0.4) is 0 Å². The molecule has 0 spiro atoms. The molecule has 0 bridgehead atoms. The molecule has 0 saturated carbocycles. The van der Waals surface area contributed by atoms with Gasteiger partial charge in [-0.15, -0.1) is 10.2 Å². The van der Waals surface area contributed by atoms with Crippen molar-refractivity contribution in [2.75, 3.05) is 44.2 Å². The molecule has 1 saturated heterocycles. The van der Waals surface area contributed by atoms with Crippen molar-refractivity contribution in [3.63, 3.8) is 0 Å². The summed E-state index contributed by atoms with van der Waals surface area (Å²) in [6, 6.07) is 14.4. The zero-order valence-corrected chi connectivity index (χ0v) is 18.7. The van der Waals surface area contributed by atoms with E-state index < -0.39 is 0 Å². The average Bonchev–Trinajstić information content (AvgIpc) is 3.09. The van der Waals surface area contributed by atoms with Gasteiger partial charge in [-0.3, -0.25) is 4.90 Å². The Balaban J connectivity index is 1.17. The van der Waals surface area contributed by atoms with Crippen LogP contribution < -0.4 is 9.64 Å². The van der Waals surface area contributed by atoms with Crippen LogP contribution in [-0.4, -0.2) is 59.0 Å². The molecule has 0 N–H and O–H groups in total. The fourth-order valence-electron chi connectivity index (χ4n) is 4.49. The first-order chi connectivity index (χ1) is 15.2. The van der Waals surface area contributed by atoms with E-state index in [0.717, 1.165) is 80.1 Å². The molecule has 0 unspecified atom stereocenters. The fourth-order valence-corrected chi connectivity index (χ4v) is 4.61. The lowest BCUT2D eigenvalue weighted by Crippen LogP contribution is -2.46. The minimum atomic E-state index is 0.654. The number of aromatic nitrogens is 3. The maximum Gasteiger partial charge on any atom is 0.167 e. The Labute approximate surface area is 188 Å². The van der Waals surface area contributed by atoms with Crippen molar-refractivity contribution in [1.82, 2.24) is 19.7 Å². The molecule has 0 radical (unpaired) electrons. The van der Waals surface area contributed by atoms with Crippen molar-refractivity contribution in [2.24, 2.45) is 0 Å². The first kappa shape index (κ1) is 20.3. The van der Waals surface area contributed by atoms with Crippen molar-refractivity contribution in [1.29, 1.82) is 0 Å². The summed E-state index contributed by atoms with van der Waals surface area (Å²) in [7, 11) is 0. The molecular weight excluding hydrogens is 410 g/mol. The highest BCUT2D eigenvalue weighted by molar-refractivity contribution is 6.30. The highest BCUT2D eigenvalue weighted by atomic mass is 35.5. The number of nitrogens with zero attached hydrogens (tertiary/aromatic N) is 5. The van der Waals surface area contributed by atoms with Gasteiger partial charge in [0.25, 0.3) is 0 Å². The summed E-state index contributed by atoms with van der Waals surface area (Å²) >= 11 is 6.01. The molecule has 7 heteroatoms. The van der Waals surface area contributed by atoms with E-state index in [0.29, 0.717) is 6.61 Å². The van der Waals surface area contributed by atoms with Gasteiger partial charge in [-0.25, -0.2) is 0 Å². The first-order valence-electron chi connectivity index (χ1n) is 11.1. The molecule has 1 aromatic heterocycles. The molecule has 1 fully saturated rings. The van der Waals surface area contributed by atoms with E-state index in [1.54, 1.807) is 0 Å². The molecule has 2 aliphatic heterocycles. The van der Waals surface area contributed by atoms with Crippen molar-refractivity contribution in [3.05, 3.63) is 58.9 Å². The summed E-state index contributed by atoms with van der Waals surface area (Å²) in [5.74, 6) is 2.90. The van der Waals surface area contributed by atoms with E-state index in [2.05, 4.69) is 55.8 Å². The van der Waals surface area contributed by atoms with Gasteiger partial charge in [0.1, 0.15) is 18.2 Å². The standard InChI is InChI=1S/C24H28ClN5O/c1-18-4-9-22-21(17-18)24-27-26-23(30(24)15-16-31-22)3-2-10-28-11-13-29(14-12-28)20-7-5-19(25)6-8-20/h4-9,17H,2-3,10-16H2,1H3. The third kappa shape index (κ3) is 4.41. The summed E-state index contributed by atoms with van der Waals surface area (Å²) in [4.78, 5) is 4.98. The van der Waals surface area contributed by atoms with Crippen LogP contribution in [0, 0.1) is 6.92 Å². The number of halogens is 1. The second-order valence-corrected chi connectivity index (χ2v) is 8.78. The lowest BCUT2D eigenvalue weighted by molar-refractivity contribution is 0.253. The average molecular weight is 438 g/mol. The zero-order chi connectivity index (χ0) is 21.2. The van der Waals surface area contributed by atoms with E-state index in [-0.39, 0.29) is 0 Å². The highest BCUT2D eigenvalue weighted by Gasteiger charge is 2.21. The van der Waals surface area contributed by atoms with Crippen molar-refractivity contribution in [2.45, 2.75) is 26.3 Å². The minimum Gasteiger partial charge on any atom is -0.491 e. The van der Waals surface area contributed by atoms with E-state index in [9.17, 15) is 0 Å². The van der Waals surface area contributed by atoms with Crippen LogP contribution in [-0.2, 0) is 13.0 Å². The summed E-state index contributed by atoms with van der Waals surface area (Å²) < 4.78 is 8.18. The molecule has 2 aliphatic rings. The fraction of sp³-hybridized carbons (Fsp3) is 0.417. The molecule has 6 nitrogen and oxygen atoms in total. The zero-order valence-electron chi connectivity index (χ0n) is 17.9. The summed E-state index contributed by atoms with van der Waals surface area (Å²) in [5.41, 5.74) is 3.51. The SMILES string of the molecule is Cc1ccc2c(c1)-c1nnc(CCCN3CCN(c4ccc(Cl)cc4)CC3)n1CCO2. The van der Waals surface area contributed by atoms with Crippen LogP contribution in [0.2, 0.25) is 5.02 Å². The molecule has 5 rings (SSSR count). The van der Waals surface area contributed by atoms with Crippen molar-refractivity contribution >= 4 is 17.3 Å². The second-order valence-electron chi connectivity index (χ2n) is 8.35. The Hall–Kier alpha value is -2.57. The number of piperazine rings is 1. The monoisotopic (exact) mass is 437 g/mol. The normalized spacial score (nSPS) is 16.4. The molecular formula is C24H28ClN5O. The van der Waals surface area contributed by atoms with Crippen LogP contribution in [0.1, 0.15) is 17.8 Å². The quantitative estimate of drug-likeness (QED) is 0.602. The highest BCUT2D eigenvalue weighted by Crippen LogP contribution is 2.32. The Bertz CT molecular complexity index is 1040. The van der Waals surface area contributed by atoms with Gasteiger partial charge in [-0.05, 0) is 56.3 Å². The first-order valence-corrected chi connectivity index (χ1v) is 11.4. The van der Waals surface area contributed by atoms with Gasteiger partial charge < -0.3 is 14.2 Å². The number of ether oxygens (including phenoxy) is 1. The number of hydrogen-bond donors (Lipinski definition) is 0. The molecule has 2 aromatic carbocycles. The topological polar surface area (TPSA) is 46.4 Å². The van der Waals surface area contributed by atoms with Crippen LogP contribution >= 0.6 is 11.6 Å². The molecule has 31 heavy (non-hydrogen) atoms. The Morgan fingerprint density at radius 1 is 0.968 bits per heavy atom. The number of rotatable bonds is 5. The minimum absolute atomic E-state index is 0.654. The third-order valence-corrected chi connectivity index (χ3v) is 6.47. The maximum absolute atomic E-state index is 6.01. The van der Waals surface area contributed by atoms with E-state index >= 15 is 0 Å². The number of fused-ring (bicyclic) bond motifs is 3. The van der Waals surface area contributed by atoms with E-state index in [1.165, 1.54) is 11.3 Å². The number of anilines is 1. The second kappa shape index (κ2) is 8.89. The van der Waals surface area contributed by atoms with Gasteiger partial charge >= 0.3 is 0 Å². The summed E-state index contributed by atoms with van der Waals surface area (Å²) in [6.45, 7) is 8.90. The molecule has 0 atom stereocenters. The number of hydrogen-bond acceptors (Lipinski definition) is 5. The van der Waals surface area contributed by atoms with Gasteiger partial charge in [0.2, 0.25) is 0 Å². The van der Waals surface area contributed by atoms with Crippen LogP contribution in [0.5, 0.6) is 5.75 Å². The van der Waals surface area contributed by atoms with E-state index in [4.69, 9.17) is 16.3 Å². The predicted octanol–water partition coefficient (Wildman–Crippen LogP) is 4.05. The lowest BCUT2D eigenvalue weighted by Gasteiger charge is -2.36. The van der Waals surface area contributed by atoms with Gasteiger partial charge in [0.05, 0.1) is 12.1 Å². The molecule has 0 amide bonds. The maximum atomic E-state index is 6.01. The summed E-state index contributed by atoms with van der Waals surface area (Å²) in [6.07, 6.45) is 2.02. The predicted molar refractivity (Wildman–Crippen MR) is 124 cm³/mol. The molecule has 3 aromatic rings. The van der Waals surface area contributed by atoms with Crippen LogP contribution in [0.4, 0.5) is 5.69 Å². The Morgan fingerprint density at radius 2 is 1.77 bits per heavy atom. The Morgan fingerprint density at radius 3 is 2.58 bits per heavy atom. The largest absolute Gasteiger partial charge is 0.491 e. The number of benzene rings is 2. The molecule has 0 aliphatic carbocycles. The smallest absolute Gasteiger partial charge is 0.167 e.